The summed E-state index contributed by atoms with van der Waals surface area (Å²) in [5, 5.41) is 13.1. The molecule has 0 saturated heterocycles. The van der Waals surface area contributed by atoms with Crippen LogP contribution in [0.3, 0.4) is 0 Å². The summed E-state index contributed by atoms with van der Waals surface area (Å²) in [4.78, 5) is 12.4. The lowest BCUT2D eigenvalue weighted by Crippen LogP contribution is -2.26. The fourth-order valence-corrected chi connectivity index (χ4v) is 3.64. The van der Waals surface area contributed by atoms with Crippen LogP contribution in [0.25, 0.3) is 0 Å². The molecule has 25 heavy (non-hydrogen) atoms. The first-order valence-electron chi connectivity index (χ1n) is 8.29. The van der Waals surface area contributed by atoms with Gasteiger partial charge in [-0.3, -0.25) is 0 Å². The van der Waals surface area contributed by atoms with E-state index in [0.29, 0.717) is 11.1 Å². The second kappa shape index (κ2) is 5.25. The summed E-state index contributed by atoms with van der Waals surface area (Å²) in [6.45, 7) is 6.52. The van der Waals surface area contributed by atoms with Crippen molar-refractivity contribution in [2.45, 2.75) is 32.2 Å². The molecule has 1 N–H and O–H groups in total. The second-order valence-corrected chi connectivity index (χ2v) is 7.39. The molecule has 0 bridgehead atoms. The fraction of sp³-hybridized carbons (Fsp3) is 0.300. The number of carbonyl (C=O) groups is 1. The smallest absolute Gasteiger partial charge is 0.337 e. The third-order valence-corrected chi connectivity index (χ3v) is 4.76. The normalized spacial score (nSPS) is 19.0. The fourth-order valence-electron chi connectivity index (χ4n) is 3.64. The third-order valence-electron chi connectivity index (χ3n) is 4.76. The van der Waals surface area contributed by atoms with Crippen molar-refractivity contribution in [2.75, 3.05) is 11.9 Å². The van der Waals surface area contributed by atoms with E-state index in [9.17, 15) is 10.1 Å². The van der Waals surface area contributed by atoms with Crippen LogP contribution >= 0.6 is 0 Å². The van der Waals surface area contributed by atoms with Crippen LogP contribution in [0.5, 0.6) is 0 Å². The van der Waals surface area contributed by atoms with Crippen molar-refractivity contribution in [1.29, 1.82) is 5.26 Å². The predicted octanol–water partition coefficient (Wildman–Crippen LogP) is 3.48. The SMILES string of the molecule is CC(C)(C)n1cc(C#N)c2c1NC1=C(C(=O)OC1)[C@@H]2c1ccccc1. The molecule has 2 aliphatic heterocycles. The Kier molecular flexibility index (Phi) is 3.26. The minimum Gasteiger partial charge on any atom is -0.456 e. The maximum atomic E-state index is 12.4. The van der Waals surface area contributed by atoms with Crippen LogP contribution in [0.15, 0.2) is 47.8 Å². The molecule has 0 spiro atoms. The predicted molar refractivity (Wildman–Crippen MR) is 94.0 cm³/mol. The first kappa shape index (κ1) is 15.5. The Labute approximate surface area is 146 Å². The summed E-state index contributed by atoms with van der Waals surface area (Å²) in [6, 6.07) is 12.1. The Morgan fingerprint density at radius 3 is 2.64 bits per heavy atom. The first-order valence-corrected chi connectivity index (χ1v) is 8.29. The van der Waals surface area contributed by atoms with E-state index in [1.54, 1.807) is 0 Å². The number of aromatic nitrogens is 1. The van der Waals surface area contributed by atoms with Gasteiger partial charge >= 0.3 is 5.97 Å². The van der Waals surface area contributed by atoms with Gasteiger partial charge < -0.3 is 14.6 Å². The van der Waals surface area contributed by atoms with Gasteiger partial charge in [-0.2, -0.15) is 5.26 Å². The highest BCUT2D eigenvalue weighted by molar-refractivity contribution is 5.97. The quantitative estimate of drug-likeness (QED) is 0.811. The van der Waals surface area contributed by atoms with Gasteiger partial charge in [0.1, 0.15) is 18.5 Å². The van der Waals surface area contributed by atoms with E-state index in [-0.39, 0.29) is 24.0 Å². The number of benzene rings is 1. The molecule has 1 aromatic carbocycles. The first-order chi connectivity index (χ1) is 11.9. The van der Waals surface area contributed by atoms with Crippen LogP contribution in [0.2, 0.25) is 0 Å². The lowest BCUT2D eigenvalue weighted by molar-refractivity contribution is -0.136. The zero-order valence-corrected chi connectivity index (χ0v) is 14.5. The summed E-state index contributed by atoms with van der Waals surface area (Å²) < 4.78 is 7.36. The van der Waals surface area contributed by atoms with Crippen LogP contribution in [-0.2, 0) is 15.1 Å². The molecule has 126 valence electrons. The van der Waals surface area contributed by atoms with Gasteiger partial charge in [0, 0.05) is 23.2 Å². The number of nitrogens with zero attached hydrogens (tertiary/aromatic N) is 2. The number of hydrogen-bond acceptors (Lipinski definition) is 4. The molecule has 3 heterocycles. The van der Waals surface area contributed by atoms with Crippen molar-refractivity contribution in [2.24, 2.45) is 0 Å². The molecule has 0 radical (unpaired) electrons. The van der Waals surface area contributed by atoms with Crippen LogP contribution in [-0.4, -0.2) is 17.1 Å². The van der Waals surface area contributed by atoms with Crippen molar-refractivity contribution in [3.05, 3.63) is 64.5 Å². The average molecular weight is 333 g/mol. The largest absolute Gasteiger partial charge is 0.456 e. The van der Waals surface area contributed by atoms with E-state index < -0.39 is 0 Å². The van der Waals surface area contributed by atoms with Gasteiger partial charge in [0.05, 0.1) is 16.8 Å². The summed E-state index contributed by atoms with van der Waals surface area (Å²) in [5.41, 5.74) is 3.62. The van der Waals surface area contributed by atoms with Gasteiger partial charge in [-0.25, -0.2) is 4.79 Å². The monoisotopic (exact) mass is 333 g/mol. The highest BCUT2D eigenvalue weighted by Gasteiger charge is 2.42. The molecule has 0 amide bonds. The van der Waals surface area contributed by atoms with Gasteiger partial charge in [0.25, 0.3) is 0 Å². The molecule has 5 nitrogen and oxygen atoms in total. The molecule has 0 fully saturated rings. The maximum Gasteiger partial charge on any atom is 0.337 e. The second-order valence-electron chi connectivity index (χ2n) is 7.39. The lowest BCUT2D eigenvalue weighted by Gasteiger charge is -2.30. The molecule has 0 unspecified atom stereocenters. The number of rotatable bonds is 1. The van der Waals surface area contributed by atoms with Gasteiger partial charge in [-0.1, -0.05) is 30.3 Å². The Morgan fingerprint density at radius 2 is 2.00 bits per heavy atom. The molecule has 2 aliphatic rings. The van der Waals surface area contributed by atoms with Crippen molar-refractivity contribution in [3.8, 4) is 6.07 Å². The summed E-state index contributed by atoms with van der Waals surface area (Å²) in [5.74, 6) is 0.269. The minimum absolute atomic E-state index is 0.199. The number of fused-ring (bicyclic) bond motifs is 1. The molecule has 2 aromatic rings. The average Bonchev–Trinajstić information content (AvgIpc) is 3.14. The Morgan fingerprint density at radius 1 is 1.28 bits per heavy atom. The summed E-state index contributed by atoms with van der Waals surface area (Å²) in [7, 11) is 0. The minimum atomic E-state index is -0.311. The van der Waals surface area contributed by atoms with Crippen LogP contribution in [0.1, 0.15) is 43.4 Å². The number of ether oxygens (including phenoxy) is 1. The highest BCUT2D eigenvalue weighted by Crippen LogP contribution is 2.47. The van der Waals surface area contributed by atoms with E-state index in [1.165, 1.54) is 0 Å². The Balaban J connectivity index is 2.02. The topological polar surface area (TPSA) is 67.0 Å². The van der Waals surface area contributed by atoms with E-state index in [4.69, 9.17) is 4.74 Å². The molecule has 5 heteroatoms. The molecule has 0 aliphatic carbocycles. The molecule has 0 saturated carbocycles. The van der Waals surface area contributed by atoms with E-state index in [2.05, 4.69) is 36.7 Å². The lowest BCUT2D eigenvalue weighted by atomic mass is 9.81. The highest BCUT2D eigenvalue weighted by atomic mass is 16.5. The number of nitriles is 1. The van der Waals surface area contributed by atoms with Gasteiger partial charge in [-0.05, 0) is 26.3 Å². The van der Waals surface area contributed by atoms with Crippen LogP contribution in [0.4, 0.5) is 5.82 Å². The number of hydrogen-bond donors (Lipinski definition) is 1. The van der Waals surface area contributed by atoms with E-state index in [0.717, 1.165) is 22.6 Å². The number of carbonyl (C=O) groups excluding carboxylic acids is 1. The zero-order valence-electron chi connectivity index (χ0n) is 14.5. The Hall–Kier alpha value is -3.00. The summed E-state index contributed by atoms with van der Waals surface area (Å²) >= 11 is 0. The van der Waals surface area contributed by atoms with Crippen molar-refractivity contribution in [1.82, 2.24) is 4.57 Å². The van der Waals surface area contributed by atoms with Crippen LogP contribution in [0, 0.1) is 11.3 Å². The molecule has 1 aromatic heterocycles. The Bertz CT molecular complexity index is 940. The van der Waals surface area contributed by atoms with Crippen molar-refractivity contribution < 1.29 is 9.53 Å². The standard InChI is InChI=1S/C20H19N3O2/c1-20(2,3)23-10-13(9-21)16-15(12-7-5-4-6-8-12)17-14(22-18(16)23)11-25-19(17)24/h4-8,10,15,22H,11H2,1-3H3/t15-/m1/s1. The molecule has 4 rings (SSSR count). The van der Waals surface area contributed by atoms with E-state index in [1.807, 2.05) is 36.5 Å². The van der Waals surface area contributed by atoms with Gasteiger partial charge in [-0.15, -0.1) is 0 Å². The van der Waals surface area contributed by atoms with Gasteiger partial charge in [0.2, 0.25) is 0 Å². The molecular formula is C20H19N3O2. The van der Waals surface area contributed by atoms with Gasteiger partial charge in [0.15, 0.2) is 0 Å². The van der Waals surface area contributed by atoms with Crippen molar-refractivity contribution in [3.63, 3.8) is 0 Å². The maximum absolute atomic E-state index is 12.4. The number of nitrogens with one attached hydrogen (secondary N) is 1. The van der Waals surface area contributed by atoms with Crippen LogP contribution < -0.4 is 5.32 Å². The number of anilines is 1. The third kappa shape index (κ3) is 2.25. The van der Waals surface area contributed by atoms with E-state index >= 15 is 0 Å². The zero-order chi connectivity index (χ0) is 17.8. The van der Waals surface area contributed by atoms with Crippen molar-refractivity contribution >= 4 is 11.8 Å². The molecule has 1 atom stereocenters. The summed E-state index contributed by atoms with van der Waals surface area (Å²) in [6.07, 6.45) is 1.88. The molecular weight excluding hydrogens is 314 g/mol. The number of esters is 1. The number of cyclic esters (lactones) is 1.